The number of hydrogen-bond donors (Lipinski definition) is 2. The lowest BCUT2D eigenvalue weighted by Gasteiger charge is -2.30. The van der Waals surface area contributed by atoms with Crippen LogP contribution >= 0.6 is 0 Å². The molecule has 1 rings (SSSR count). The number of amidine groups is 1. The van der Waals surface area contributed by atoms with Crippen molar-refractivity contribution in [1.82, 2.24) is 4.31 Å². The highest BCUT2D eigenvalue weighted by molar-refractivity contribution is 7.88. The molecule has 13 heavy (non-hydrogen) atoms. The zero-order valence-corrected chi connectivity index (χ0v) is 8.17. The van der Waals surface area contributed by atoms with Gasteiger partial charge in [0.1, 0.15) is 11.9 Å². The Morgan fingerprint density at radius 2 is 2.31 bits per heavy atom. The Morgan fingerprint density at radius 3 is 2.77 bits per heavy atom. The Morgan fingerprint density at radius 1 is 1.69 bits per heavy atom. The molecule has 1 unspecified atom stereocenters. The molecule has 6 nitrogen and oxygen atoms in total. The Balaban J connectivity index is 2.67. The first kappa shape index (κ1) is 10.4. The zero-order valence-electron chi connectivity index (χ0n) is 7.36. The van der Waals surface area contributed by atoms with Gasteiger partial charge in [-0.05, 0) is 0 Å². The number of nitrogens with zero attached hydrogens (tertiary/aromatic N) is 1. The molecule has 76 valence electrons. The van der Waals surface area contributed by atoms with Crippen molar-refractivity contribution in [3.8, 4) is 0 Å². The molecule has 0 amide bonds. The normalized spacial score (nSPS) is 25.8. The second-order valence-electron chi connectivity index (χ2n) is 2.94. The summed E-state index contributed by atoms with van der Waals surface area (Å²) in [5.41, 5.74) is 5.21. The Kier molecular flexibility index (Phi) is 2.89. The van der Waals surface area contributed by atoms with Crippen LogP contribution in [0.1, 0.15) is 0 Å². The third-order valence-electron chi connectivity index (χ3n) is 1.85. The molecule has 0 saturated carbocycles. The lowest BCUT2D eigenvalue weighted by atomic mass is 10.3. The molecule has 1 atom stereocenters. The van der Waals surface area contributed by atoms with Gasteiger partial charge in [0.25, 0.3) is 0 Å². The lowest BCUT2D eigenvalue weighted by Crippen LogP contribution is -2.49. The SMILES string of the molecule is CS(=O)(=O)N1CCOC(C(=N)N)C1. The average Bonchev–Trinajstić information content (AvgIpc) is 2.03. The monoisotopic (exact) mass is 207 g/mol. The van der Waals surface area contributed by atoms with Crippen LogP contribution in [0, 0.1) is 5.41 Å². The van der Waals surface area contributed by atoms with E-state index >= 15 is 0 Å². The molecule has 1 fully saturated rings. The number of morpholine rings is 1. The van der Waals surface area contributed by atoms with Crippen LogP contribution in [0.2, 0.25) is 0 Å². The third-order valence-corrected chi connectivity index (χ3v) is 3.11. The summed E-state index contributed by atoms with van der Waals surface area (Å²) in [4.78, 5) is 0. The van der Waals surface area contributed by atoms with Crippen LogP contribution in [0.3, 0.4) is 0 Å². The van der Waals surface area contributed by atoms with Gasteiger partial charge in [-0.15, -0.1) is 0 Å². The van der Waals surface area contributed by atoms with Gasteiger partial charge in [0, 0.05) is 13.1 Å². The van der Waals surface area contributed by atoms with Crippen LogP contribution in [0.5, 0.6) is 0 Å². The number of hydrogen-bond acceptors (Lipinski definition) is 4. The van der Waals surface area contributed by atoms with E-state index in [-0.39, 0.29) is 19.0 Å². The Labute approximate surface area is 77.2 Å². The molecule has 0 aromatic carbocycles. The molecule has 7 heteroatoms. The maximum absolute atomic E-state index is 11.1. The summed E-state index contributed by atoms with van der Waals surface area (Å²) >= 11 is 0. The molecule has 1 heterocycles. The highest BCUT2D eigenvalue weighted by Crippen LogP contribution is 2.08. The number of nitrogens with two attached hydrogens (primary N) is 1. The first-order chi connectivity index (χ1) is 5.91. The minimum absolute atomic E-state index is 0.131. The summed E-state index contributed by atoms with van der Waals surface area (Å²) < 4.78 is 28.6. The van der Waals surface area contributed by atoms with Crippen molar-refractivity contribution in [2.75, 3.05) is 26.0 Å². The van der Waals surface area contributed by atoms with Crippen molar-refractivity contribution < 1.29 is 13.2 Å². The average molecular weight is 207 g/mol. The number of rotatable bonds is 2. The summed E-state index contributed by atoms with van der Waals surface area (Å²) in [7, 11) is -3.19. The molecule has 0 radical (unpaired) electrons. The number of nitrogens with one attached hydrogen (secondary N) is 1. The Bertz CT molecular complexity index is 300. The van der Waals surface area contributed by atoms with E-state index in [1.165, 1.54) is 4.31 Å². The van der Waals surface area contributed by atoms with E-state index in [1.54, 1.807) is 0 Å². The molecule has 0 aromatic heterocycles. The molecule has 0 aliphatic carbocycles. The van der Waals surface area contributed by atoms with E-state index < -0.39 is 16.1 Å². The van der Waals surface area contributed by atoms with Crippen LogP contribution in [-0.2, 0) is 14.8 Å². The first-order valence-electron chi connectivity index (χ1n) is 3.82. The van der Waals surface area contributed by atoms with Gasteiger partial charge in [-0.1, -0.05) is 0 Å². The third kappa shape index (κ3) is 2.64. The molecule has 3 N–H and O–H groups in total. The van der Waals surface area contributed by atoms with Gasteiger partial charge in [0.05, 0.1) is 12.9 Å². The summed E-state index contributed by atoms with van der Waals surface area (Å²) in [5.74, 6) is -0.131. The predicted octanol–water partition coefficient (Wildman–Crippen LogP) is -1.42. The van der Waals surface area contributed by atoms with E-state index in [2.05, 4.69) is 0 Å². The van der Waals surface area contributed by atoms with Crippen LogP contribution in [0.4, 0.5) is 0 Å². The van der Waals surface area contributed by atoms with Crippen LogP contribution in [-0.4, -0.2) is 50.6 Å². The lowest BCUT2D eigenvalue weighted by molar-refractivity contribution is 0.0371. The van der Waals surface area contributed by atoms with Crippen molar-refractivity contribution in [1.29, 1.82) is 5.41 Å². The zero-order chi connectivity index (χ0) is 10.1. The second-order valence-corrected chi connectivity index (χ2v) is 4.92. The largest absolute Gasteiger partial charge is 0.385 e. The molecular weight excluding hydrogens is 194 g/mol. The number of ether oxygens (including phenoxy) is 1. The highest BCUT2D eigenvalue weighted by atomic mass is 32.2. The maximum atomic E-state index is 11.1. The molecule has 0 spiro atoms. The van der Waals surface area contributed by atoms with E-state index in [1.807, 2.05) is 0 Å². The van der Waals surface area contributed by atoms with Crippen molar-refractivity contribution in [3.63, 3.8) is 0 Å². The van der Waals surface area contributed by atoms with Crippen LogP contribution < -0.4 is 5.73 Å². The van der Waals surface area contributed by atoms with Gasteiger partial charge in [-0.3, -0.25) is 5.41 Å². The van der Waals surface area contributed by atoms with Crippen molar-refractivity contribution in [2.24, 2.45) is 5.73 Å². The minimum Gasteiger partial charge on any atom is -0.385 e. The topological polar surface area (TPSA) is 96.5 Å². The fourth-order valence-electron chi connectivity index (χ4n) is 1.12. The molecule has 1 saturated heterocycles. The number of sulfonamides is 1. The first-order valence-corrected chi connectivity index (χ1v) is 5.66. The smallest absolute Gasteiger partial charge is 0.211 e. The summed E-state index contributed by atoms with van der Waals surface area (Å²) in [6.07, 6.45) is 0.540. The summed E-state index contributed by atoms with van der Waals surface area (Å²) in [6.45, 7) is 0.772. The fourth-order valence-corrected chi connectivity index (χ4v) is 1.93. The van der Waals surface area contributed by atoms with Crippen molar-refractivity contribution in [3.05, 3.63) is 0 Å². The van der Waals surface area contributed by atoms with Gasteiger partial charge in [-0.2, -0.15) is 4.31 Å². The predicted molar refractivity (Wildman–Crippen MR) is 48.1 cm³/mol. The van der Waals surface area contributed by atoms with Gasteiger partial charge in [0.15, 0.2) is 0 Å². The van der Waals surface area contributed by atoms with Crippen molar-refractivity contribution in [2.45, 2.75) is 6.10 Å². The minimum atomic E-state index is -3.19. The van der Waals surface area contributed by atoms with Gasteiger partial charge >= 0.3 is 0 Å². The van der Waals surface area contributed by atoms with Crippen LogP contribution in [0.15, 0.2) is 0 Å². The van der Waals surface area contributed by atoms with E-state index in [0.29, 0.717) is 6.54 Å². The highest BCUT2D eigenvalue weighted by Gasteiger charge is 2.27. The Hall–Kier alpha value is -0.660. The van der Waals surface area contributed by atoms with E-state index in [9.17, 15) is 8.42 Å². The molecule has 1 aliphatic rings. The second kappa shape index (κ2) is 3.60. The van der Waals surface area contributed by atoms with Crippen LogP contribution in [0.25, 0.3) is 0 Å². The van der Waals surface area contributed by atoms with Gasteiger partial charge in [0.2, 0.25) is 10.0 Å². The summed E-state index contributed by atoms with van der Waals surface area (Å²) in [6, 6.07) is 0. The molecular formula is C6H13N3O3S. The molecule has 0 bridgehead atoms. The van der Waals surface area contributed by atoms with Gasteiger partial charge in [-0.25, -0.2) is 8.42 Å². The molecule has 0 aromatic rings. The fraction of sp³-hybridized carbons (Fsp3) is 0.833. The maximum Gasteiger partial charge on any atom is 0.211 e. The van der Waals surface area contributed by atoms with Crippen molar-refractivity contribution >= 4 is 15.9 Å². The van der Waals surface area contributed by atoms with Gasteiger partial charge < -0.3 is 10.5 Å². The van der Waals surface area contributed by atoms with E-state index in [0.717, 1.165) is 6.26 Å². The summed E-state index contributed by atoms with van der Waals surface area (Å²) in [5, 5.41) is 7.11. The van der Waals surface area contributed by atoms with E-state index in [4.69, 9.17) is 15.9 Å². The standard InChI is InChI=1S/C6H13N3O3S/c1-13(10,11)9-2-3-12-5(4-9)6(7)8/h5H,2-4H2,1H3,(H3,7,8). The molecule has 1 aliphatic heterocycles. The quantitative estimate of drug-likeness (QED) is 0.429.